The summed E-state index contributed by atoms with van der Waals surface area (Å²) in [4.78, 5) is 0. The average Bonchev–Trinajstić information content (AvgIpc) is 2.35. The zero-order valence-electron chi connectivity index (χ0n) is 10.00. The number of benzene rings is 1. The van der Waals surface area contributed by atoms with Gasteiger partial charge in [0.15, 0.2) is 0 Å². The lowest BCUT2D eigenvalue weighted by molar-refractivity contribution is 0.269. The molecule has 1 atom stereocenters. The Morgan fingerprint density at radius 1 is 1.25 bits per heavy atom. The molecule has 1 aromatic rings. The van der Waals surface area contributed by atoms with Crippen LogP contribution in [0.4, 0.5) is 0 Å². The quantitative estimate of drug-likeness (QED) is 0.813. The van der Waals surface area contributed by atoms with E-state index in [1.165, 1.54) is 42.4 Å². The predicted molar refractivity (Wildman–Crippen MR) is 66.6 cm³/mol. The molecule has 0 spiro atoms. The molecule has 2 rings (SSSR count). The van der Waals surface area contributed by atoms with E-state index in [2.05, 4.69) is 23.5 Å². The van der Waals surface area contributed by atoms with E-state index in [0.29, 0.717) is 0 Å². The molecule has 0 radical (unpaired) electrons. The Kier molecular flexibility index (Phi) is 3.97. The van der Waals surface area contributed by atoms with Gasteiger partial charge in [-0.3, -0.25) is 0 Å². The Labute approximate surface area is 97.7 Å². The molecule has 1 aliphatic carbocycles. The monoisotopic (exact) mass is 219 g/mol. The van der Waals surface area contributed by atoms with Crippen LogP contribution in [0.3, 0.4) is 0 Å². The molecule has 88 valence electrons. The van der Waals surface area contributed by atoms with Crippen molar-refractivity contribution in [1.82, 2.24) is 5.32 Å². The molecule has 0 aliphatic heterocycles. The second-order valence-electron chi connectivity index (χ2n) is 4.59. The van der Waals surface area contributed by atoms with Gasteiger partial charge in [0.05, 0.1) is 0 Å². The molecule has 1 aromatic carbocycles. The van der Waals surface area contributed by atoms with Gasteiger partial charge < -0.3 is 10.4 Å². The van der Waals surface area contributed by atoms with Gasteiger partial charge >= 0.3 is 0 Å². The third kappa shape index (κ3) is 2.45. The predicted octanol–water partition coefficient (Wildman–Crippen LogP) is 2.21. The van der Waals surface area contributed by atoms with Gasteiger partial charge in [-0.05, 0) is 55.8 Å². The Bertz CT molecular complexity index is 349. The largest absolute Gasteiger partial charge is 0.396 e. The molecule has 0 fully saturated rings. The highest BCUT2D eigenvalue weighted by atomic mass is 16.3. The fourth-order valence-corrected chi connectivity index (χ4v) is 2.58. The van der Waals surface area contributed by atoms with E-state index in [9.17, 15) is 0 Å². The maximum Gasteiger partial charge on any atom is 0.0449 e. The van der Waals surface area contributed by atoms with Crippen LogP contribution in [0.1, 0.15) is 42.0 Å². The van der Waals surface area contributed by atoms with E-state index < -0.39 is 0 Å². The van der Waals surface area contributed by atoms with Gasteiger partial charge in [0.1, 0.15) is 0 Å². The van der Waals surface area contributed by atoms with Crippen LogP contribution in [-0.2, 0) is 12.8 Å². The SMILES string of the molecule is CNC(CCO)c1ccc2c(c1)CCCC2. The lowest BCUT2D eigenvalue weighted by Crippen LogP contribution is -2.18. The first-order valence-corrected chi connectivity index (χ1v) is 6.25. The van der Waals surface area contributed by atoms with Crippen molar-refractivity contribution in [1.29, 1.82) is 0 Å². The first-order valence-electron chi connectivity index (χ1n) is 6.25. The zero-order valence-corrected chi connectivity index (χ0v) is 10.00. The number of fused-ring (bicyclic) bond motifs is 1. The van der Waals surface area contributed by atoms with Crippen LogP contribution in [0.5, 0.6) is 0 Å². The Morgan fingerprint density at radius 2 is 2.00 bits per heavy atom. The van der Waals surface area contributed by atoms with Crippen LogP contribution in [-0.4, -0.2) is 18.8 Å². The molecule has 2 N–H and O–H groups in total. The van der Waals surface area contributed by atoms with E-state index in [4.69, 9.17) is 5.11 Å². The van der Waals surface area contributed by atoms with Crippen molar-refractivity contribution in [2.45, 2.75) is 38.1 Å². The highest BCUT2D eigenvalue weighted by Crippen LogP contribution is 2.25. The molecule has 2 heteroatoms. The third-order valence-corrected chi connectivity index (χ3v) is 3.54. The lowest BCUT2D eigenvalue weighted by atomic mass is 9.89. The van der Waals surface area contributed by atoms with Gasteiger partial charge in [0.2, 0.25) is 0 Å². The summed E-state index contributed by atoms with van der Waals surface area (Å²) in [7, 11) is 1.96. The third-order valence-electron chi connectivity index (χ3n) is 3.54. The molecule has 0 saturated carbocycles. The maximum absolute atomic E-state index is 9.03. The minimum Gasteiger partial charge on any atom is -0.396 e. The van der Waals surface area contributed by atoms with Crippen molar-refractivity contribution in [3.8, 4) is 0 Å². The van der Waals surface area contributed by atoms with Gasteiger partial charge in [0, 0.05) is 12.6 Å². The summed E-state index contributed by atoms with van der Waals surface area (Å²) in [5.74, 6) is 0. The van der Waals surface area contributed by atoms with Crippen molar-refractivity contribution in [3.63, 3.8) is 0 Å². The average molecular weight is 219 g/mol. The van der Waals surface area contributed by atoms with Gasteiger partial charge in [0.25, 0.3) is 0 Å². The van der Waals surface area contributed by atoms with E-state index >= 15 is 0 Å². The van der Waals surface area contributed by atoms with Crippen LogP contribution in [0.2, 0.25) is 0 Å². The summed E-state index contributed by atoms with van der Waals surface area (Å²) in [6.07, 6.45) is 5.90. The number of aryl methyl sites for hydroxylation is 2. The zero-order chi connectivity index (χ0) is 11.4. The van der Waals surface area contributed by atoms with Crippen LogP contribution < -0.4 is 5.32 Å². The van der Waals surface area contributed by atoms with E-state index in [-0.39, 0.29) is 12.6 Å². The van der Waals surface area contributed by atoms with Gasteiger partial charge in [-0.15, -0.1) is 0 Å². The molecular weight excluding hydrogens is 198 g/mol. The smallest absolute Gasteiger partial charge is 0.0449 e. The molecule has 0 heterocycles. The van der Waals surface area contributed by atoms with Crippen molar-refractivity contribution in [2.24, 2.45) is 0 Å². The summed E-state index contributed by atoms with van der Waals surface area (Å²) in [6, 6.07) is 7.09. The topological polar surface area (TPSA) is 32.3 Å². The normalized spacial score (nSPS) is 16.9. The Hall–Kier alpha value is -0.860. The maximum atomic E-state index is 9.03. The number of nitrogens with one attached hydrogen (secondary N) is 1. The highest BCUT2D eigenvalue weighted by Gasteiger charge is 2.13. The minimum absolute atomic E-state index is 0.239. The van der Waals surface area contributed by atoms with Crippen molar-refractivity contribution >= 4 is 0 Å². The number of aliphatic hydroxyl groups is 1. The van der Waals surface area contributed by atoms with Gasteiger partial charge in [-0.1, -0.05) is 18.2 Å². The number of rotatable bonds is 4. The summed E-state index contributed by atoms with van der Waals surface area (Å²) in [5, 5.41) is 12.3. The molecule has 0 bridgehead atoms. The number of hydrogen-bond acceptors (Lipinski definition) is 2. The fourth-order valence-electron chi connectivity index (χ4n) is 2.58. The van der Waals surface area contributed by atoms with Crippen molar-refractivity contribution < 1.29 is 5.11 Å². The number of hydrogen-bond donors (Lipinski definition) is 2. The first-order chi connectivity index (χ1) is 7.85. The molecule has 1 aliphatic rings. The standard InChI is InChI=1S/C14H21NO/c1-15-14(8-9-16)13-7-6-11-4-2-3-5-12(11)10-13/h6-7,10,14-16H,2-5,8-9H2,1H3. The van der Waals surface area contributed by atoms with E-state index in [1.54, 1.807) is 0 Å². The van der Waals surface area contributed by atoms with E-state index in [0.717, 1.165) is 6.42 Å². The molecule has 1 unspecified atom stereocenters. The second-order valence-corrected chi connectivity index (χ2v) is 4.59. The van der Waals surface area contributed by atoms with Gasteiger partial charge in [-0.25, -0.2) is 0 Å². The molecular formula is C14H21NO. The molecule has 2 nitrogen and oxygen atoms in total. The summed E-state index contributed by atoms with van der Waals surface area (Å²) < 4.78 is 0. The minimum atomic E-state index is 0.239. The molecule has 0 saturated heterocycles. The molecule has 0 aromatic heterocycles. The fraction of sp³-hybridized carbons (Fsp3) is 0.571. The Balaban J connectivity index is 2.21. The molecule has 16 heavy (non-hydrogen) atoms. The van der Waals surface area contributed by atoms with Crippen molar-refractivity contribution in [2.75, 3.05) is 13.7 Å². The Morgan fingerprint density at radius 3 is 2.69 bits per heavy atom. The summed E-state index contributed by atoms with van der Waals surface area (Å²) in [5.41, 5.74) is 4.35. The van der Waals surface area contributed by atoms with Crippen LogP contribution in [0.25, 0.3) is 0 Å². The van der Waals surface area contributed by atoms with E-state index in [1.807, 2.05) is 7.05 Å². The van der Waals surface area contributed by atoms with Crippen LogP contribution in [0.15, 0.2) is 18.2 Å². The van der Waals surface area contributed by atoms with Crippen LogP contribution >= 0.6 is 0 Å². The summed E-state index contributed by atoms with van der Waals surface area (Å²) >= 11 is 0. The second kappa shape index (κ2) is 5.46. The molecule has 0 amide bonds. The highest BCUT2D eigenvalue weighted by molar-refractivity contribution is 5.35. The van der Waals surface area contributed by atoms with Crippen LogP contribution in [0, 0.1) is 0 Å². The first kappa shape index (κ1) is 11.6. The summed E-state index contributed by atoms with van der Waals surface area (Å²) in [6.45, 7) is 0.239. The van der Waals surface area contributed by atoms with Crippen molar-refractivity contribution in [3.05, 3.63) is 34.9 Å². The number of aliphatic hydroxyl groups excluding tert-OH is 1. The van der Waals surface area contributed by atoms with Gasteiger partial charge in [-0.2, -0.15) is 0 Å². The lowest BCUT2D eigenvalue weighted by Gasteiger charge is -2.20.